The third-order valence-corrected chi connectivity index (χ3v) is 3.55. The van der Waals surface area contributed by atoms with Gasteiger partial charge in [0.15, 0.2) is 0 Å². The predicted octanol–water partition coefficient (Wildman–Crippen LogP) is 2.50. The fourth-order valence-corrected chi connectivity index (χ4v) is 2.37. The minimum Gasteiger partial charge on any atom is -0.393 e. The van der Waals surface area contributed by atoms with Crippen molar-refractivity contribution in [2.24, 2.45) is 5.92 Å². The van der Waals surface area contributed by atoms with Gasteiger partial charge in [0, 0.05) is 16.7 Å². The van der Waals surface area contributed by atoms with Gasteiger partial charge >= 0.3 is 0 Å². The highest BCUT2D eigenvalue weighted by atomic mass is 79.9. The maximum atomic E-state index is 9.17. The molecule has 2 rings (SSSR count). The van der Waals surface area contributed by atoms with Crippen LogP contribution in [-0.4, -0.2) is 17.8 Å². The minimum atomic E-state index is -0.101. The first-order valence-electron chi connectivity index (χ1n) is 5.30. The number of aliphatic hydroxyl groups excluding tert-OH is 1. The van der Waals surface area contributed by atoms with Gasteiger partial charge in [-0.05, 0) is 52.9 Å². The highest BCUT2D eigenvalue weighted by molar-refractivity contribution is 9.10. The first kappa shape index (κ1) is 11.4. The number of hydrogen-bond donors (Lipinski definition) is 2. The average molecular weight is 281 g/mol. The Kier molecular flexibility index (Phi) is 3.47. The summed E-state index contributed by atoms with van der Waals surface area (Å²) in [5.41, 5.74) is 1.65. The second kappa shape index (κ2) is 4.86. The van der Waals surface area contributed by atoms with E-state index in [4.69, 9.17) is 10.4 Å². The molecule has 1 aromatic rings. The van der Waals surface area contributed by atoms with E-state index in [0.717, 1.165) is 29.5 Å². The molecule has 16 heavy (non-hydrogen) atoms. The molecule has 1 aromatic carbocycles. The number of halogens is 1. The molecule has 84 valence electrons. The van der Waals surface area contributed by atoms with Gasteiger partial charge in [-0.1, -0.05) is 0 Å². The highest BCUT2D eigenvalue weighted by Gasteiger charge is 2.26. The van der Waals surface area contributed by atoms with Crippen LogP contribution in [0.3, 0.4) is 0 Å². The fourth-order valence-electron chi connectivity index (χ4n) is 1.85. The zero-order valence-electron chi connectivity index (χ0n) is 8.78. The Hall–Kier alpha value is -1.05. The van der Waals surface area contributed by atoms with E-state index in [2.05, 4.69) is 27.3 Å². The molecule has 2 N–H and O–H groups in total. The van der Waals surface area contributed by atoms with Crippen LogP contribution in [-0.2, 0) is 0 Å². The lowest BCUT2D eigenvalue weighted by molar-refractivity contribution is 0.0487. The second-order valence-electron chi connectivity index (χ2n) is 4.18. The van der Waals surface area contributed by atoms with Crippen LogP contribution in [0.15, 0.2) is 22.7 Å². The van der Waals surface area contributed by atoms with Gasteiger partial charge in [0.05, 0.1) is 17.7 Å². The average Bonchev–Trinajstić information content (AvgIpc) is 2.24. The van der Waals surface area contributed by atoms with Gasteiger partial charge in [-0.25, -0.2) is 0 Å². The number of aliphatic hydroxyl groups is 1. The number of rotatable bonds is 3. The van der Waals surface area contributed by atoms with E-state index in [9.17, 15) is 0 Å². The lowest BCUT2D eigenvalue weighted by atomic mass is 9.82. The maximum Gasteiger partial charge on any atom is 0.0992 e. The van der Waals surface area contributed by atoms with E-state index in [1.165, 1.54) is 0 Å². The molecule has 0 atom stereocenters. The van der Waals surface area contributed by atoms with Gasteiger partial charge in [0.1, 0.15) is 0 Å². The summed E-state index contributed by atoms with van der Waals surface area (Å²) < 4.78 is 0.909. The van der Waals surface area contributed by atoms with Gasteiger partial charge < -0.3 is 10.4 Å². The van der Waals surface area contributed by atoms with Crippen molar-refractivity contribution in [1.29, 1.82) is 5.26 Å². The van der Waals surface area contributed by atoms with Gasteiger partial charge in [0.25, 0.3) is 0 Å². The molecule has 1 fully saturated rings. The zero-order valence-corrected chi connectivity index (χ0v) is 10.4. The van der Waals surface area contributed by atoms with Gasteiger partial charge in [0.2, 0.25) is 0 Å². The van der Waals surface area contributed by atoms with Crippen LogP contribution in [0.2, 0.25) is 0 Å². The zero-order chi connectivity index (χ0) is 11.5. The quantitative estimate of drug-likeness (QED) is 0.895. The Bertz CT molecular complexity index is 422. The summed E-state index contributed by atoms with van der Waals surface area (Å²) in [7, 11) is 0. The Morgan fingerprint density at radius 2 is 2.25 bits per heavy atom. The lowest BCUT2D eigenvalue weighted by Gasteiger charge is -2.31. The Labute approximate surface area is 103 Å². The SMILES string of the molecule is N#Cc1ccc(NCC2CC(O)C2)c(Br)c1. The normalized spacial score (nSPS) is 23.3. The standard InChI is InChI=1S/C12H13BrN2O/c13-11-5-8(6-14)1-2-12(11)15-7-9-3-10(16)4-9/h1-2,5,9-10,15-16H,3-4,7H2. The van der Waals surface area contributed by atoms with Crippen molar-refractivity contribution in [3.63, 3.8) is 0 Å². The van der Waals surface area contributed by atoms with Crippen LogP contribution in [0.5, 0.6) is 0 Å². The lowest BCUT2D eigenvalue weighted by Crippen LogP contribution is -2.33. The third kappa shape index (κ3) is 2.55. The molecule has 0 aromatic heterocycles. The first-order valence-corrected chi connectivity index (χ1v) is 6.10. The molecule has 0 amide bonds. The van der Waals surface area contributed by atoms with E-state index in [1.807, 2.05) is 6.07 Å². The molecule has 0 aliphatic heterocycles. The van der Waals surface area contributed by atoms with Crippen molar-refractivity contribution < 1.29 is 5.11 Å². The monoisotopic (exact) mass is 280 g/mol. The summed E-state index contributed by atoms with van der Waals surface area (Å²) in [6, 6.07) is 7.60. The summed E-state index contributed by atoms with van der Waals surface area (Å²) in [5, 5.41) is 21.2. The van der Waals surface area contributed by atoms with Crippen LogP contribution < -0.4 is 5.32 Å². The molecule has 0 heterocycles. The number of hydrogen-bond acceptors (Lipinski definition) is 3. The molecule has 4 heteroatoms. The smallest absolute Gasteiger partial charge is 0.0992 e. The number of anilines is 1. The third-order valence-electron chi connectivity index (χ3n) is 2.89. The first-order chi connectivity index (χ1) is 7.69. The second-order valence-corrected chi connectivity index (χ2v) is 5.03. The maximum absolute atomic E-state index is 9.17. The summed E-state index contributed by atoms with van der Waals surface area (Å²) in [5.74, 6) is 0.567. The van der Waals surface area contributed by atoms with Crippen molar-refractivity contribution in [3.8, 4) is 6.07 Å². The van der Waals surface area contributed by atoms with Crippen molar-refractivity contribution in [1.82, 2.24) is 0 Å². The van der Waals surface area contributed by atoms with E-state index < -0.39 is 0 Å². The molecule has 3 nitrogen and oxygen atoms in total. The summed E-state index contributed by atoms with van der Waals surface area (Å²) in [4.78, 5) is 0. The molecule has 1 aliphatic carbocycles. The predicted molar refractivity (Wildman–Crippen MR) is 66.1 cm³/mol. The molecule has 0 bridgehead atoms. The van der Waals surface area contributed by atoms with Crippen LogP contribution in [0, 0.1) is 17.2 Å². The van der Waals surface area contributed by atoms with E-state index in [-0.39, 0.29) is 6.10 Å². The fraction of sp³-hybridized carbons (Fsp3) is 0.417. The molecule has 0 radical (unpaired) electrons. The molecular weight excluding hydrogens is 268 g/mol. The van der Waals surface area contributed by atoms with Crippen LogP contribution in [0.4, 0.5) is 5.69 Å². The van der Waals surface area contributed by atoms with Crippen molar-refractivity contribution in [2.75, 3.05) is 11.9 Å². The van der Waals surface area contributed by atoms with Crippen LogP contribution >= 0.6 is 15.9 Å². The molecule has 0 saturated heterocycles. The molecule has 0 unspecified atom stereocenters. The van der Waals surface area contributed by atoms with Gasteiger partial charge in [-0.15, -0.1) is 0 Å². The number of nitriles is 1. The highest BCUT2D eigenvalue weighted by Crippen LogP contribution is 2.29. The van der Waals surface area contributed by atoms with Crippen molar-refractivity contribution in [2.45, 2.75) is 18.9 Å². The molecular formula is C12H13BrN2O. The topological polar surface area (TPSA) is 56.0 Å². The summed E-state index contributed by atoms with van der Waals surface area (Å²) >= 11 is 3.43. The molecule has 1 saturated carbocycles. The number of nitrogens with zero attached hydrogens (tertiary/aromatic N) is 1. The Morgan fingerprint density at radius 3 is 2.81 bits per heavy atom. The molecule has 0 spiro atoms. The Morgan fingerprint density at radius 1 is 1.50 bits per heavy atom. The summed E-state index contributed by atoms with van der Waals surface area (Å²) in [6.45, 7) is 0.877. The van der Waals surface area contributed by atoms with E-state index in [0.29, 0.717) is 11.5 Å². The van der Waals surface area contributed by atoms with E-state index in [1.54, 1.807) is 12.1 Å². The van der Waals surface area contributed by atoms with E-state index >= 15 is 0 Å². The van der Waals surface area contributed by atoms with Crippen LogP contribution in [0.1, 0.15) is 18.4 Å². The Balaban J connectivity index is 1.92. The summed E-state index contributed by atoms with van der Waals surface area (Å²) in [6.07, 6.45) is 1.68. The van der Waals surface area contributed by atoms with Crippen molar-refractivity contribution >= 4 is 21.6 Å². The largest absolute Gasteiger partial charge is 0.393 e. The van der Waals surface area contributed by atoms with Gasteiger partial charge in [-0.3, -0.25) is 0 Å². The number of benzene rings is 1. The van der Waals surface area contributed by atoms with Gasteiger partial charge in [-0.2, -0.15) is 5.26 Å². The molecule has 1 aliphatic rings. The number of nitrogens with one attached hydrogen (secondary N) is 1. The van der Waals surface area contributed by atoms with Crippen molar-refractivity contribution in [3.05, 3.63) is 28.2 Å². The van der Waals surface area contributed by atoms with Crippen LogP contribution in [0.25, 0.3) is 0 Å². The minimum absolute atomic E-state index is 0.101.